The van der Waals surface area contributed by atoms with Gasteiger partial charge >= 0.3 is 5.97 Å². The van der Waals surface area contributed by atoms with Crippen LogP contribution in [0.2, 0.25) is 0 Å². The van der Waals surface area contributed by atoms with Crippen molar-refractivity contribution >= 4 is 5.97 Å². The summed E-state index contributed by atoms with van der Waals surface area (Å²) in [7, 11) is 0. The third kappa shape index (κ3) is 5.32. The second-order valence-corrected chi connectivity index (χ2v) is 7.39. The van der Waals surface area contributed by atoms with Gasteiger partial charge in [0, 0.05) is 12.1 Å². The number of benzene rings is 2. The molecule has 2 aromatic carbocycles. The van der Waals surface area contributed by atoms with Crippen LogP contribution in [0.15, 0.2) is 36.4 Å². The maximum Gasteiger partial charge on any atom is 0.343 e. The van der Waals surface area contributed by atoms with E-state index in [9.17, 15) is 13.6 Å². The highest BCUT2D eigenvalue weighted by atomic mass is 19.1. The normalized spacial score (nSPS) is 18.7. The number of nitriles is 1. The van der Waals surface area contributed by atoms with Crippen LogP contribution in [-0.4, -0.2) is 12.6 Å². The first-order chi connectivity index (χ1) is 14.0. The topological polar surface area (TPSA) is 59.3 Å². The van der Waals surface area contributed by atoms with Crippen molar-refractivity contribution < 1.29 is 23.0 Å². The van der Waals surface area contributed by atoms with E-state index in [0.717, 1.165) is 18.1 Å². The summed E-state index contributed by atoms with van der Waals surface area (Å²) in [6.07, 6.45) is 6.12. The fraction of sp³-hybridized carbons (Fsp3) is 0.391. The van der Waals surface area contributed by atoms with Crippen LogP contribution in [0.4, 0.5) is 8.78 Å². The number of hydrogen-bond donors (Lipinski definition) is 0. The minimum atomic E-state index is -1.08. The molecular weight excluding hydrogens is 376 g/mol. The number of hydrogen-bond acceptors (Lipinski definition) is 4. The molecular formula is C23H23F2NO3. The zero-order valence-electron chi connectivity index (χ0n) is 16.3. The Kier molecular flexibility index (Phi) is 6.82. The van der Waals surface area contributed by atoms with Crippen LogP contribution in [0.1, 0.15) is 54.9 Å². The van der Waals surface area contributed by atoms with E-state index in [4.69, 9.17) is 14.7 Å². The van der Waals surface area contributed by atoms with Crippen molar-refractivity contribution in [1.82, 2.24) is 0 Å². The van der Waals surface area contributed by atoms with Gasteiger partial charge in [-0.05, 0) is 48.9 Å². The zero-order valence-corrected chi connectivity index (χ0v) is 16.3. The van der Waals surface area contributed by atoms with E-state index in [0.29, 0.717) is 18.3 Å². The van der Waals surface area contributed by atoms with E-state index in [1.165, 1.54) is 38.2 Å². The zero-order chi connectivity index (χ0) is 20.8. The molecule has 0 unspecified atom stereocenters. The van der Waals surface area contributed by atoms with Crippen LogP contribution in [0.3, 0.4) is 0 Å². The fourth-order valence-corrected chi connectivity index (χ4v) is 3.59. The Bertz CT molecular complexity index is 874. The molecule has 29 heavy (non-hydrogen) atoms. The summed E-state index contributed by atoms with van der Waals surface area (Å²) in [5.74, 6) is -1.14. The number of esters is 1. The maximum atomic E-state index is 13.6. The Morgan fingerprint density at radius 1 is 1.03 bits per heavy atom. The van der Waals surface area contributed by atoms with E-state index in [-0.39, 0.29) is 11.3 Å². The predicted molar refractivity (Wildman–Crippen MR) is 104 cm³/mol. The molecule has 1 saturated carbocycles. The van der Waals surface area contributed by atoms with Gasteiger partial charge in [-0.1, -0.05) is 26.2 Å². The van der Waals surface area contributed by atoms with Crippen molar-refractivity contribution in [3.63, 3.8) is 0 Å². The monoisotopic (exact) mass is 399 g/mol. The second kappa shape index (κ2) is 9.51. The Morgan fingerprint density at radius 2 is 1.62 bits per heavy atom. The van der Waals surface area contributed by atoms with Gasteiger partial charge in [-0.2, -0.15) is 5.26 Å². The highest BCUT2D eigenvalue weighted by molar-refractivity contribution is 5.91. The Hall–Kier alpha value is -2.94. The molecule has 0 atom stereocenters. The summed E-state index contributed by atoms with van der Waals surface area (Å²) in [4.78, 5) is 12.2. The van der Waals surface area contributed by atoms with Gasteiger partial charge in [0.05, 0.1) is 12.2 Å². The van der Waals surface area contributed by atoms with Gasteiger partial charge in [0.25, 0.3) is 0 Å². The first kappa shape index (κ1) is 20.8. The van der Waals surface area contributed by atoms with Gasteiger partial charge in [-0.3, -0.25) is 0 Å². The van der Waals surface area contributed by atoms with Gasteiger partial charge in [0.2, 0.25) is 0 Å². The predicted octanol–water partition coefficient (Wildman–Crippen LogP) is 5.65. The lowest BCUT2D eigenvalue weighted by molar-refractivity contribution is 0.0734. The second-order valence-electron chi connectivity index (χ2n) is 7.39. The molecule has 0 N–H and O–H groups in total. The Labute approximate surface area is 169 Å². The summed E-state index contributed by atoms with van der Waals surface area (Å²) in [5.41, 5.74) is -0.486. The number of ether oxygens (including phenoxy) is 2. The van der Waals surface area contributed by atoms with Crippen molar-refractivity contribution in [2.75, 3.05) is 6.61 Å². The van der Waals surface area contributed by atoms with Gasteiger partial charge in [0.1, 0.15) is 34.8 Å². The molecule has 0 aliphatic heterocycles. The fourth-order valence-electron chi connectivity index (χ4n) is 3.59. The average Bonchev–Trinajstić information content (AvgIpc) is 2.73. The summed E-state index contributed by atoms with van der Waals surface area (Å²) >= 11 is 0. The number of nitrogens with zero attached hydrogens (tertiary/aromatic N) is 1. The molecule has 3 rings (SSSR count). The Balaban J connectivity index is 1.55. The molecule has 1 aliphatic carbocycles. The van der Waals surface area contributed by atoms with Crippen LogP contribution in [0, 0.1) is 34.8 Å². The summed E-state index contributed by atoms with van der Waals surface area (Å²) in [6, 6.07) is 9.47. The van der Waals surface area contributed by atoms with Gasteiger partial charge in [-0.15, -0.1) is 0 Å². The molecule has 0 amide bonds. The minimum absolute atomic E-state index is 0.228. The largest absolute Gasteiger partial charge is 0.493 e. The maximum absolute atomic E-state index is 13.6. The molecule has 0 aromatic heterocycles. The van der Waals surface area contributed by atoms with Crippen LogP contribution in [-0.2, 0) is 0 Å². The van der Waals surface area contributed by atoms with E-state index in [1.54, 1.807) is 24.3 Å². The van der Waals surface area contributed by atoms with Crippen molar-refractivity contribution in [3.05, 3.63) is 59.2 Å². The smallest absolute Gasteiger partial charge is 0.343 e. The highest BCUT2D eigenvalue weighted by Gasteiger charge is 2.20. The lowest BCUT2D eigenvalue weighted by Gasteiger charge is -2.27. The van der Waals surface area contributed by atoms with Crippen LogP contribution in [0.5, 0.6) is 11.5 Å². The number of halogens is 2. The van der Waals surface area contributed by atoms with E-state index < -0.39 is 23.2 Å². The first-order valence-electron chi connectivity index (χ1n) is 9.84. The highest BCUT2D eigenvalue weighted by Crippen LogP contribution is 2.31. The van der Waals surface area contributed by atoms with Crippen molar-refractivity contribution in [1.29, 1.82) is 5.26 Å². The van der Waals surface area contributed by atoms with E-state index in [2.05, 4.69) is 6.92 Å². The molecule has 0 spiro atoms. The van der Waals surface area contributed by atoms with Gasteiger partial charge in [0.15, 0.2) is 0 Å². The molecule has 4 nitrogen and oxygen atoms in total. The third-order valence-electron chi connectivity index (χ3n) is 5.46. The number of carbonyl (C=O) groups excluding carboxylic acids is 1. The van der Waals surface area contributed by atoms with Crippen LogP contribution < -0.4 is 9.47 Å². The first-order valence-corrected chi connectivity index (χ1v) is 9.84. The van der Waals surface area contributed by atoms with Crippen molar-refractivity contribution in [2.45, 2.75) is 39.0 Å². The molecule has 152 valence electrons. The molecule has 6 heteroatoms. The standard InChI is InChI=1S/C23H23F2NO3/c1-2-15-3-5-16(6-4-15)14-28-18-9-7-17(8-10-18)23(27)29-19-11-21(24)20(13-26)22(25)12-19/h7-12,15-16H,2-6,14H2,1H3. The van der Waals surface area contributed by atoms with Crippen LogP contribution in [0.25, 0.3) is 0 Å². The minimum Gasteiger partial charge on any atom is -0.493 e. The van der Waals surface area contributed by atoms with E-state index in [1.807, 2.05) is 0 Å². The third-order valence-corrected chi connectivity index (χ3v) is 5.46. The summed E-state index contributed by atoms with van der Waals surface area (Å²) in [5, 5.41) is 8.68. The molecule has 1 fully saturated rings. The molecule has 0 radical (unpaired) electrons. The Morgan fingerprint density at radius 3 is 2.17 bits per heavy atom. The molecule has 0 saturated heterocycles. The van der Waals surface area contributed by atoms with Crippen molar-refractivity contribution in [3.8, 4) is 17.6 Å². The molecule has 1 aliphatic rings. The number of carbonyl (C=O) groups is 1. The average molecular weight is 399 g/mol. The van der Waals surface area contributed by atoms with Gasteiger partial charge in [-0.25, -0.2) is 13.6 Å². The lowest BCUT2D eigenvalue weighted by Crippen LogP contribution is -2.19. The summed E-state index contributed by atoms with van der Waals surface area (Å²) < 4.78 is 38.1. The molecule has 0 heterocycles. The SMILES string of the molecule is CCC1CCC(COc2ccc(C(=O)Oc3cc(F)c(C#N)c(F)c3)cc2)CC1. The number of rotatable bonds is 6. The van der Waals surface area contributed by atoms with Gasteiger partial charge < -0.3 is 9.47 Å². The van der Waals surface area contributed by atoms with Crippen LogP contribution >= 0.6 is 0 Å². The molecule has 0 bridgehead atoms. The lowest BCUT2D eigenvalue weighted by atomic mass is 9.81. The van der Waals surface area contributed by atoms with E-state index >= 15 is 0 Å². The quantitative estimate of drug-likeness (QED) is 0.465. The molecule has 2 aromatic rings. The van der Waals surface area contributed by atoms with Crippen molar-refractivity contribution in [2.24, 2.45) is 11.8 Å². The summed E-state index contributed by atoms with van der Waals surface area (Å²) in [6.45, 7) is 2.90.